The summed E-state index contributed by atoms with van der Waals surface area (Å²) in [7, 11) is 1.55. The first kappa shape index (κ1) is 28.5. The molecule has 0 unspecified atom stereocenters. The van der Waals surface area contributed by atoms with Crippen LogP contribution >= 0.6 is 15.9 Å². The number of hydrogen-bond donors (Lipinski definition) is 1. The SMILES string of the molecule is COc1ncc(Br)cc1CO[C@H]1[C@H](C(C)(C)C)[C@@H](C(=O)O)N(C(=O)[C@@H]2CCCCO2)[C@H]1c1ccccc1C. The molecule has 2 fully saturated rings. The molecule has 1 aromatic carbocycles. The zero-order valence-corrected chi connectivity index (χ0v) is 24.2. The number of aliphatic carboxylic acids is 1. The van der Waals surface area contributed by atoms with Crippen molar-refractivity contribution in [2.45, 2.75) is 77.9 Å². The topological polar surface area (TPSA) is 98.2 Å². The number of methoxy groups -OCH3 is 1. The number of benzene rings is 1. The molecule has 1 N–H and O–H groups in total. The van der Waals surface area contributed by atoms with E-state index in [1.807, 2.05) is 58.0 Å². The van der Waals surface area contributed by atoms with Crippen LogP contribution in [0, 0.1) is 18.3 Å². The molecule has 206 valence electrons. The van der Waals surface area contributed by atoms with Crippen LogP contribution in [0.2, 0.25) is 0 Å². The standard InChI is InChI=1S/C29H37BrN2O6/c1-17-10-6-7-11-20(17)23-25(38-16-18-14-19(30)15-31-26(18)36-5)22(29(2,3)4)24(28(34)35)32(23)27(33)21-12-8-9-13-37-21/h6-7,10-11,14-15,21-25H,8-9,12-13,16H2,1-5H3,(H,34,35)/t21-,22+,23-,24-,25-/m0/s1. The van der Waals surface area contributed by atoms with Crippen molar-refractivity contribution in [1.82, 2.24) is 9.88 Å². The highest BCUT2D eigenvalue weighted by atomic mass is 79.9. The number of carbonyl (C=O) groups is 2. The molecule has 2 aliphatic rings. The lowest BCUT2D eigenvalue weighted by Gasteiger charge is -2.35. The molecule has 0 aliphatic carbocycles. The predicted octanol–water partition coefficient (Wildman–Crippen LogP) is 5.31. The van der Waals surface area contributed by atoms with Crippen molar-refractivity contribution >= 4 is 27.8 Å². The Morgan fingerprint density at radius 2 is 1.97 bits per heavy atom. The monoisotopic (exact) mass is 588 g/mol. The van der Waals surface area contributed by atoms with Crippen molar-refractivity contribution in [3.05, 3.63) is 57.7 Å². The van der Waals surface area contributed by atoms with Gasteiger partial charge in [0.05, 0.1) is 25.9 Å². The Morgan fingerprint density at radius 1 is 1.24 bits per heavy atom. The molecule has 5 atom stereocenters. The first-order valence-electron chi connectivity index (χ1n) is 13.1. The number of nitrogens with zero attached hydrogens (tertiary/aromatic N) is 2. The maximum atomic E-state index is 14.1. The van der Waals surface area contributed by atoms with Gasteiger partial charge in [-0.2, -0.15) is 0 Å². The van der Waals surface area contributed by atoms with Gasteiger partial charge in [-0.05, 0) is 64.7 Å². The quantitative estimate of drug-likeness (QED) is 0.467. The van der Waals surface area contributed by atoms with Crippen LogP contribution in [0.3, 0.4) is 0 Å². The third-order valence-corrected chi connectivity index (χ3v) is 8.02. The summed E-state index contributed by atoms with van der Waals surface area (Å²) >= 11 is 3.46. The van der Waals surface area contributed by atoms with Crippen molar-refractivity contribution < 1.29 is 28.9 Å². The molecule has 8 nitrogen and oxygen atoms in total. The number of carboxylic acids is 1. The Bertz CT molecular complexity index is 1160. The average Bonchev–Trinajstić information content (AvgIpc) is 3.23. The molecule has 0 spiro atoms. The third kappa shape index (κ3) is 5.75. The second-order valence-electron chi connectivity index (χ2n) is 11.2. The van der Waals surface area contributed by atoms with E-state index in [0.717, 1.165) is 34.0 Å². The van der Waals surface area contributed by atoms with Crippen LogP contribution in [0.5, 0.6) is 5.88 Å². The van der Waals surface area contributed by atoms with Gasteiger partial charge in [0, 0.05) is 28.8 Å². The summed E-state index contributed by atoms with van der Waals surface area (Å²) in [6, 6.07) is 7.99. The van der Waals surface area contributed by atoms with Crippen LogP contribution in [-0.4, -0.2) is 58.8 Å². The van der Waals surface area contributed by atoms with Crippen LogP contribution < -0.4 is 4.74 Å². The van der Waals surface area contributed by atoms with E-state index in [-0.39, 0.29) is 12.5 Å². The van der Waals surface area contributed by atoms with E-state index in [2.05, 4.69) is 20.9 Å². The molecule has 1 amide bonds. The maximum Gasteiger partial charge on any atom is 0.326 e. The second-order valence-corrected chi connectivity index (χ2v) is 12.1. The highest BCUT2D eigenvalue weighted by molar-refractivity contribution is 9.10. The van der Waals surface area contributed by atoms with E-state index < -0.39 is 41.6 Å². The molecule has 38 heavy (non-hydrogen) atoms. The summed E-state index contributed by atoms with van der Waals surface area (Å²) in [6.07, 6.45) is 2.73. The van der Waals surface area contributed by atoms with Crippen LogP contribution in [0.25, 0.3) is 0 Å². The lowest BCUT2D eigenvalue weighted by molar-refractivity contribution is -0.159. The normalized spacial score (nSPS) is 25.8. The molecule has 0 saturated carbocycles. The van der Waals surface area contributed by atoms with Gasteiger partial charge in [-0.25, -0.2) is 9.78 Å². The average molecular weight is 590 g/mol. The van der Waals surface area contributed by atoms with Crippen LogP contribution in [-0.2, 0) is 25.7 Å². The number of likely N-dealkylation sites (tertiary alicyclic amines) is 1. The number of carboxylic acid groups (broad SMARTS) is 1. The van der Waals surface area contributed by atoms with E-state index >= 15 is 0 Å². The molecule has 2 saturated heterocycles. The van der Waals surface area contributed by atoms with Crippen molar-refractivity contribution in [2.75, 3.05) is 13.7 Å². The third-order valence-electron chi connectivity index (χ3n) is 7.59. The lowest BCUT2D eigenvalue weighted by atomic mass is 9.73. The highest BCUT2D eigenvalue weighted by Crippen LogP contribution is 2.50. The highest BCUT2D eigenvalue weighted by Gasteiger charge is 2.59. The van der Waals surface area contributed by atoms with E-state index in [0.29, 0.717) is 18.9 Å². The Kier molecular flexibility index (Phi) is 8.79. The Balaban J connectivity index is 1.84. The van der Waals surface area contributed by atoms with Crippen LogP contribution in [0.15, 0.2) is 41.0 Å². The maximum absolute atomic E-state index is 14.1. The summed E-state index contributed by atoms with van der Waals surface area (Å²) in [5, 5.41) is 10.6. The molecule has 0 radical (unpaired) electrons. The fourth-order valence-electron chi connectivity index (χ4n) is 5.88. The number of pyridine rings is 1. The molecule has 2 aromatic rings. The first-order valence-corrected chi connectivity index (χ1v) is 13.9. The number of carbonyl (C=O) groups excluding carboxylic acids is 1. The van der Waals surface area contributed by atoms with Crippen molar-refractivity contribution in [3.8, 4) is 5.88 Å². The van der Waals surface area contributed by atoms with Gasteiger partial charge in [-0.15, -0.1) is 0 Å². The molecule has 9 heteroatoms. The van der Waals surface area contributed by atoms with Gasteiger partial charge in [0.2, 0.25) is 5.88 Å². The van der Waals surface area contributed by atoms with Gasteiger partial charge in [0.15, 0.2) is 0 Å². The number of halogens is 1. The largest absolute Gasteiger partial charge is 0.481 e. The van der Waals surface area contributed by atoms with Crippen molar-refractivity contribution in [1.29, 1.82) is 0 Å². The van der Waals surface area contributed by atoms with Gasteiger partial charge >= 0.3 is 5.97 Å². The summed E-state index contributed by atoms with van der Waals surface area (Å²) in [4.78, 5) is 32.9. The molecule has 2 aliphatic heterocycles. The van der Waals surface area contributed by atoms with Gasteiger partial charge in [-0.3, -0.25) is 4.79 Å². The second kappa shape index (κ2) is 11.7. The number of amides is 1. The molecular weight excluding hydrogens is 552 g/mol. The zero-order valence-electron chi connectivity index (χ0n) is 22.6. The van der Waals surface area contributed by atoms with E-state index in [1.54, 1.807) is 18.2 Å². The van der Waals surface area contributed by atoms with Gasteiger partial charge in [-0.1, -0.05) is 45.0 Å². The molecule has 1 aromatic heterocycles. The number of hydrogen-bond acceptors (Lipinski definition) is 6. The molecular formula is C29H37BrN2O6. The summed E-state index contributed by atoms with van der Waals surface area (Å²) in [5.74, 6) is -1.39. The Morgan fingerprint density at radius 3 is 2.58 bits per heavy atom. The summed E-state index contributed by atoms with van der Waals surface area (Å²) in [5.41, 5.74) is 2.08. The summed E-state index contributed by atoms with van der Waals surface area (Å²) < 4.78 is 18.8. The van der Waals surface area contributed by atoms with E-state index in [9.17, 15) is 14.7 Å². The number of aryl methyl sites for hydroxylation is 1. The smallest absolute Gasteiger partial charge is 0.326 e. The van der Waals surface area contributed by atoms with Gasteiger partial charge in [0.1, 0.15) is 12.1 Å². The van der Waals surface area contributed by atoms with E-state index in [1.165, 1.54) is 0 Å². The number of ether oxygens (including phenoxy) is 3. The Labute approximate surface area is 232 Å². The van der Waals surface area contributed by atoms with Crippen LogP contribution in [0.4, 0.5) is 0 Å². The molecule has 3 heterocycles. The lowest BCUT2D eigenvalue weighted by Crippen LogP contribution is -2.51. The predicted molar refractivity (Wildman–Crippen MR) is 146 cm³/mol. The van der Waals surface area contributed by atoms with Crippen molar-refractivity contribution in [3.63, 3.8) is 0 Å². The fourth-order valence-corrected chi connectivity index (χ4v) is 6.26. The summed E-state index contributed by atoms with van der Waals surface area (Å²) in [6.45, 7) is 8.63. The van der Waals surface area contributed by atoms with Crippen molar-refractivity contribution in [2.24, 2.45) is 11.3 Å². The van der Waals surface area contributed by atoms with E-state index in [4.69, 9.17) is 14.2 Å². The fraction of sp³-hybridized carbons (Fsp3) is 0.552. The van der Waals surface area contributed by atoms with Gasteiger partial charge < -0.3 is 24.2 Å². The van der Waals surface area contributed by atoms with Gasteiger partial charge in [0.25, 0.3) is 5.91 Å². The minimum atomic E-state index is -1.08. The van der Waals surface area contributed by atoms with Crippen LogP contribution in [0.1, 0.15) is 62.8 Å². The zero-order chi connectivity index (χ0) is 27.6. The minimum Gasteiger partial charge on any atom is -0.481 e. The number of aromatic nitrogens is 1. The molecule has 0 bridgehead atoms. The first-order chi connectivity index (χ1) is 18.0. The minimum absolute atomic E-state index is 0.142. The Hall–Kier alpha value is -2.49. The number of rotatable bonds is 7. The molecule has 4 rings (SSSR count).